The maximum atomic E-state index is 13.4. The first-order valence-corrected chi connectivity index (χ1v) is 7.25. The van der Waals surface area contributed by atoms with Crippen molar-refractivity contribution < 1.29 is 9.18 Å². The number of halogens is 1. The number of amides is 2. The highest BCUT2D eigenvalue weighted by atomic mass is 32.1. The fraction of sp³-hybridized carbons (Fsp3) is 0. The van der Waals surface area contributed by atoms with Gasteiger partial charge in [0.2, 0.25) is 5.13 Å². The van der Waals surface area contributed by atoms with Crippen LogP contribution in [0.2, 0.25) is 0 Å². The SMILES string of the molecule is O=C(Nc1nnc(-c2ccccc2)s1)Nc1ccccc1F. The van der Waals surface area contributed by atoms with Crippen molar-refractivity contribution in [3.05, 3.63) is 60.4 Å². The van der Waals surface area contributed by atoms with Crippen molar-refractivity contribution in [1.82, 2.24) is 10.2 Å². The summed E-state index contributed by atoms with van der Waals surface area (Å²) in [5.74, 6) is -0.500. The van der Waals surface area contributed by atoms with E-state index >= 15 is 0 Å². The molecule has 0 bridgehead atoms. The molecule has 0 radical (unpaired) electrons. The lowest BCUT2D eigenvalue weighted by molar-refractivity contribution is 0.262. The standard InChI is InChI=1S/C15H11FN4OS/c16-11-8-4-5-9-12(11)17-14(21)18-15-20-19-13(22-15)10-6-2-1-3-7-10/h1-9H,(H2,17,18,20,21). The van der Waals surface area contributed by atoms with Crippen LogP contribution in [-0.4, -0.2) is 16.2 Å². The molecule has 2 N–H and O–H groups in total. The highest BCUT2D eigenvalue weighted by Crippen LogP contribution is 2.26. The zero-order chi connectivity index (χ0) is 15.4. The number of hydrogen-bond donors (Lipinski definition) is 2. The molecule has 0 aliphatic heterocycles. The van der Waals surface area contributed by atoms with Crippen LogP contribution in [0, 0.1) is 5.82 Å². The first-order valence-electron chi connectivity index (χ1n) is 6.44. The summed E-state index contributed by atoms with van der Waals surface area (Å²) in [5.41, 5.74) is 1.02. The quantitative estimate of drug-likeness (QED) is 0.768. The average molecular weight is 314 g/mol. The summed E-state index contributed by atoms with van der Waals surface area (Å²) in [5, 5.41) is 13.9. The minimum Gasteiger partial charge on any atom is -0.305 e. The monoisotopic (exact) mass is 314 g/mol. The van der Waals surface area contributed by atoms with Crippen molar-refractivity contribution >= 4 is 28.2 Å². The number of urea groups is 1. The largest absolute Gasteiger partial charge is 0.325 e. The molecule has 0 aliphatic rings. The number of para-hydroxylation sites is 1. The Hall–Kier alpha value is -2.80. The number of nitrogens with zero attached hydrogens (tertiary/aromatic N) is 2. The molecule has 0 atom stereocenters. The summed E-state index contributed by atoms with van der Waals surface area (Å²) in [6.45, 7) is 0. The van der Waals surface area contributed by atoms with E-state index in [0.29, 0.717) is 10.1 Å². The fourth-order valence-electron chi connectivity index (χ4n) is 1.78. The van der Waals surface area contributed by atoms with Crippen LogP contribution in [0.3, 0.4) is 0 Å². The van der Waals surface area contributed by atoms with Gasteiger partial charge in [-0.3, -0.25) is 5.32 Å². The summed E-state index contributed by atoms with van der Waals surface area (Å²) in [6, 6.07) is 14.9. The number of benzene rings is 2. The van der Waals surface area contributed by atoms with Crippen LogP contribution < -0.4 is 10.6 Å². The van der Waals surface area contributed by atoms with Gasteiger partial charge in [-0.15, -0.1) is 10.2 Å². The smallest absolute Gasteiger partial charge is 0.305 e. The molecular weight excluding hydrogens is 303 g/mol. The van der Waals surface area contributed by atoms with E-state index < -0.39 is 11.8 Å². The highest BCUT2D eigenvalue weighted by Gasteiger charge is 2.10. The zero-order valence-corrected chi connectivity index (χ0v) is 12.1. The third kappa shape index (κ3) is 3.26. The fourth-order valence-corrected chi connectivity index (χ4v) is 2.53. The van der Waals surface area contributed by atoms with Gasteiger partial charge in [0.15, 0.2) is 0 Å². The number of hydrogen-bond acceptors (Lipinski definition) is 4. The lowest BCUT2D eigenvalue weighted by Crippen LogP contribution is -2.19. The van der Waals surface area contributed by atoms with Crippen LogP contribution >= 0.6 is 11.3 Å². The van der Waals surface area contributed by atoms with Gasteiger partial charge in [0.1, 0.15) is 10.8 Å². The van der Waals surface area contributed by atoms with E-state index in [0.717, 1.165) is 5.56 Å². The maximum Gasteiger partial charge on any atom is 0.325 e. The van der Waals surface area contributed by atoms with Crippen LogP contribution in [-0.2, 0) is 0 Å². The van der Waals surface area contributed by atoms with E-state index in [4.69, 9.17) is 0 Å². The molecule has 22 heavy (non-hydrogen) atoms. The van der Waals surface area contributed by atoms with E-state index in [1.54, 1.807) is 12.1 Å². The third-order valence-electron chi connectivity index (χ3n) is 2.79. The van der Waals surface area contributed by atoms with Gasteiger partial charge in [0, 0.05) is 5.56 Å². The second-order valence-corrected chi connectivity index (χ2v) is 5.31. The molecule has 0 fully saturated rings. The van der Waals surface area contributed by atoms with Crippen LogP contribution in [0.15, 0.2) is 54.6 Å². The molecule has 0 unspecified atom stereocenters. The van der Waals surface area contributed by atoms with Gasteiger partial charge >= 0.3 is 6.03 Å². The second-order valence-electron chi connectivity index (χ2n) is 4.34. The highest BCUT2D eigenvalue weighted by molar-refractivity contribution is 7.18. The predicted molar refractivity (Wildman–Crippen MR) is 84.4 cm³/mol. The predicted octanol–water partition coefficient (Wildman–Crippen LogP) is 3.99. The van der Waals surface area contributed by atoms with E-state index in [9.17, 15) is 9.18 Å². The maximum absolute atomic E-state index is 13.4. The third-order valence-corrected chi connectivity index (χ3v) is 3.68. The van der Waals surface area contributed by atoms with Crippen molar-refractivity contribution in [2.45, 2.75) is 0 Å². The molecule has 110 valence electrons. The number of rotatable bonds is 3. The van der Waals surface area contributed by atoms with Crippen LogP contribution in [0.1, 0.15) is 0 Å². The molecule has 1 aromatic heterocycles. The Kier molecular flexibility index (Phi) is 4.06. The molecule has 2 aromatic carbocycles. The van der Waals surface area contributed by atoms with Crippen molar-refractivity contribution in [2.75, 3.05) is 10.6 Å². The van der Waals surface area contributed by atoms with Crippen LogP contribution in [0.25, 0.3) is 10.6 Å². The number of carbonyl (C=O) groups is 1. The summed E-state index contributed by atoms with van der Waals surface area (Å²) in [7, 11) is 0. The van der Waals surface area contributed by atoms with Crippen molar-refractivity contribution in [3.63, 3.8) is 0 Å². The van der Waals surface area contributed by atoms with Crippen LogP contribution in [0.5, 0.6) is 0 Å². The van der Waals surface area contributed by atoms with Gasteiger partial charge in [-0.2, -0.15) is 0 Å². The minimum absolute atomic E-state index is 0.104. The zero-order valence-electron chi connectivity index (χ0n) is 11.3. The Morgan fingerprint density at radius 1 is 0.955 bits per heavy atom. The molecule has 3 rings (SSSR count). The lowest BCUT2D eigenvalue weighted by Gasteiger charge is -2.05. The van der Waals surface area contributed by atoms with Gasteiger partial charge < -0.3 is 5.32 Å². The van der Waals surface area contributed by atoms with Gasteiger partial charge in [-0.25, -0.2) is 9.18 Å². The number of carbonyl (C=O) groups excluding carboxylic acids is 1. The molecular formula is C15H11FN4OS. The molecule has 0 saturated carbocycles. The minimum atomic E-state index is -0.569. The van der Waals surface area contributed by atoms with E-state index in [2.05, 4.69) is 20.8 Å². The van der Waals surface area contributed by atoms with E-state index in [-0.39, 0.29) is 5.69 Å². The van der Waals surface area contributed by atoms with Crippen molar-refractivity contribution in [3.8, 4) is 10.6 Å². The number of nitrogens with one attached hydrogen (secondary N) is 2. The summed E-state index contributed by atoms with van der Waals surface area (Å²) >= 11 is 1.24. The Labute approximate surface area is 129 Å². The molecule has 5 nitrogen and oxygen atoms in total. The molecule has 0 saturated heterocycles. The van der Waals surface area contributed by atoms with Gasteiger partial charge in [0.05, 0.1) is 5.69 Å². The van der Waals surface area contributed by atoms with Crippen molar-refractivity contribution in [1.29, 1.82) is 0 Å². The summed E-state index contributed by atoms with van der Waals surface area (Å²) < 4.78 is 13.4. The number of anilines is 2. The van der Waals surface area contributed by atoms with Crippen molar-refractivity contribution in [2.24, 2.45) is 0 Å². The average Bonchev–Trinajstić information content (AvgIpc) is 2.99. The first-order chi connectivity index (χ1) is 10.7. The molecule has 2 amide bonds. The molecule has 3 aromatic rings. The van der Waals surface area contributed by atoms with Gasteiger partial charge in [-0.1, -0.05) is 53.8 Å². The Balaban J connectivity index is 1.68. The van der Waals surface area contributed by atoms with Gasteiger partial charge in [0.25, 0.3) is 0 Å². The van der Waals surface area contributed by atoms with Gasteiger partial charge in [-0.05, 0) is 12.1 Å². The van der Waals surface area contributed by atoms with E-state index in [1.807, 2.05) is 30.3 Å². The first kappa shape index (κ1) is 14.2. The number of aromatic nitrogens is 2. The van der Waals surface area contributed by atoms with Crippen LogP contribution in [0.4, 0.5) is 20.0 Å². The van der Waals surface area contributed by atoms with E-state index in [1.165, 1.54) is 23.5 Å². The lowest BCUT2D eigenvalue weighted by atomic mass is 10.2. The summed E-state index contributed by atoms with van der Waals surface area (Å²) in [4.78, 5) is 11.8. The second kappa shape index (κ2) is 6.31. The molecule has 1 heterocycles. The Morgan fingerprint density at radius 2 is 1.68 bits per heavy atom. The molecule has 0 aliphatic carbocycles. The molecule has 0 spiro atoms. The summed E-state index contributed by atoms with van der Waals surface area (Å²) in [6.07, 6.45) is 0. The normalized spacial score (nSPS) is 10.2. The Bertz CT molecular complexity index is 791. The topological polar surface area (TPSA) is 66.9 Å². The Morgan fingerprint density at radius 3 is 2.45 bits per heavy atom. The molecule has 7 heteroatoms.